The number of aldehydes is 2. The van der Waals surface area contributed by atoms with Crippen molar-refractivity contribution >= 4 is 36.1 Å². The summed E-state index contributed by atoms with van der Waals surface area (Å²) in [4.78, 5) is 75.8. The van der Waals surface area contributed by atoms with Gasteiger partial charge in [-0.15, -0.1) is 0 Å². The van der Waals surface area contributed by atoms with Crippen LogP contribution in [-0.2, 0) is 33.5 Å². The first kappa shape index (κ1) is 35.5. The number of ether oxygens (including phenoxy) is 1. The van der Waals surface area contributed by atoms with Gasteiger partial charge in [0.25, 0.3) is 0 Å². The lowest BCUT2D eigenvalue weighted by atomic mass is 9.80. The number of hydrogen-bond donors (Lipinski definition) is 4. The molecule has 1 aliphatic heterocycles. The summed E-state index contributed by atoms with van der Waals surface area (Å²) in [5, 5.41) is 11.7. The Hall–Kier alpha value is -2.66. The SMILES string of the molecule is CCCCCCC(=O)OCC(=O)[C@H](C[C@]1(C=O)CCNC1)NC[C@@](C=O)(CC(C)C)NC(=O)C(=O)NC1CCCCC1. The van der Waals surface area contributed by atoms with Crippen LogP contribution in [0.5, 0.6) is 0 Å². The van der Waals surface area contributed by atoms with E-state index in [-0.39, 0.29) is 37.8 Å². The predicted molar refractivity (Wildman–Crippen MR) is 159 cm³/mol. The molecule has 0 spiro atoms. The lowest BCUT2D eigenvalue weighted by Crippen LogP contribution is -2.62. The van der Waals surface area contributed by atoms with Crippen LogP contribution in [0.15, 0.2) is 0 Å². The van der Waals surface area contributed by atoms with Gasteiger partial charge in [0.05, 0.1) is 6.04 Å². The maximum absolute atomic E-state index is 13.3. The number of carbonyl (C=O) groups is 6. The Kier molecular flexibility index (Phi) is 15.3. The maximum atomic E-state index is 13.3. The van der Waals surface area contributed by atoms with E-state index in [1.54, 1.807) is 0 Å². The van der Waals surface area contributed by atoms with E-state index in [0.29, 0.717) is 32.2 Å². The molecule has 1 saturated carbocycles. The molecule has 2 amide bonds. The molecule has 11 nitrogen and oxygen atoms in total. The summed E-state index contributed by atoms with van der Waals surface area (Å²) in [5.41, 5.74) is -2.26. The van der Waals surface area contributed by atoms with Crippen molar-refractivity contribution in [2.75, 3.05) is 26.2 Å². The molecule has 42 heavy (non-hydrogen) atoms. The molecule has 2 aliphatic rings. The molecular weight excluding hydrogens is 540 g/mol. The fraction of sp³-hybridized carbons (Fsp3) is 0.806. The Bertz CT molecular complexity index is 913. The Morgan fingerprint density at radius 3 is 2.38 bits per heavy atom. The van der Waals surface area contributed by atoms with Crippen molar-refractivity contribution in [3.63, 3.8) is 0 Å². The fourth-order valence-electron chi connectivity index (χ4n) is 5.91. The second-order valence-electron chi connectivity index (χ2n) is 12.6. The molecule has 238 valence electrons. The van der Waals surface area contributed by atoms with Crippen molar-refractivity contribution in [2.45, 2.75) is 122 Å². The minimum Gasteiger partial charge on any atom is -0.458 e. The zero-order valence-electron chi connectivity index (χ0n) is 25.8. The van der Waals surface area contributed by atoms with Gasteiger partial charge in [0, 0.05) is 31.0 Å². The topological polar surface area (TPSA) is 160 Å². The Balaban J connectivity index is 2.13. The van der Waals surface area contributed by atoms with Crippen LogP contribution in [0, 0.1) is 11.3 Å². The monoisotopic (exact) mass is 592 g/mol. The number of ketones is 1. The first-order valence-electron chi connectivity index (χ1n) is 15.8. The second-order valence-corrected chi connectivity index (χ2v) is 12.6. The van der Waals surface area contributed by atoms with Crippen molar-refractivity contribution < 1.29 is 33.5 Å². The molecule has 0 radical (unpaired) electrons. The lowest BCUT2D eigenvalue weighted by Gasteiger charge is -2.34. The molecule has 0 aromatic carbocycles. The summed E-state index contributed by atoms with van der Waals surface area (Å²) in [6.07, 6.45) is 11.0. The van der Waals surface area contributed by atoms with Gasteiger partial charge in [0.15, 0.2) is 12.4 Å². The number of hydrogen-bond acceptors (Lipinski definition) is 9. The van der Waals surface area contributed by atoms with Crippen LogP contribution >= 0.6 is 0 Å². The van der Waals surface area contributed by atoms with Gasteiger partial charge in [0.1, 0.15) is 18.1 Å². The van der Waals surface area contributed by atoms with E-state index in [1.165, 1.54) is 0 Å². The fourth-order valence-corrected chi connectivity index (χ4v) is 5.91. The van der Waals surface area contributed by atoms with Gasteiger partial charge >= 0.3 is 17.8 Å². The smallest absolute Gasteiger partial charge is 0.310 e. The minimum absolute atomic E-state index is 0.0260. The molecular formula is C31H52N4O7. The van der Waals surface area contributed by atoms with Crippen LogP contribution in [0.3, 0.4) is 0 Å². The van der Waals surface area contributed by atoms with E-state index < -0.39 is 47.2 Å². The number of carbonyl (C=O) groups excluding carboxylic acids is 6. The zero-order valence-corrected chi connectivity index (χ0v) is 25.8. The molecule has 0 aromatic heterocycles. The molecule has 1 heterocycles. The molecule has 4 N–H and O–H groups in total. The summed E-state index contributed by atoms with van der Waals surface area (Å²) in [5.74, 6) is -2.59. The van der Waals surface area contributed by atoms with Gasteiger partial charge in [0.2, 0.25) is 0 Å². The molecule has 2 rings (SSSR count). The Morgan fingerprint density at radius 2 is 1.79 bits per heavy atom. The van der Waals surface area contributed by atoms with E-state index in [4.69, 9.17) is 4.74 Å². The molecule has 1 aliphatic carbocycles. The van der Waals surface area contributed by atoms with Gasteiger partial charge in [-0.1, -0.05) is 59.3 Å². The second kappa shape index (κ2) is 18.1. The molecule has 2 fully saturated rings. The number of rotatable bonds is 19. The van der Waals surface area contributed by atoms with Crippen molar-refractivity contribution in [3.8, 4) is 0 Å². The van der Waals surface area contributed by atoms with E-state index >= 15 is 0 Å². The van der Waals surface area contributed by atoms with Gasteiger partial charge in [-0.3, -0.25) is 19.2 Å². The number of Topliss-reactive ketones (excluding diaryl/α,β-unsaturated/α-hetero) is 1. The van der Waals surface area contributed by atoms with Crippen molar-refractivity contribution in [1.82, 2.24) is 21.3 Å². The summed E-state index contributed by atoms with van der Waals surface area (Å²) in [6.45, 7) is 6.30. The van der Waals surface area contributed by atoms with Crippen molar-refractivity contribution in [1.29, 1.82) is 0 Å². The van der Waals surface area contributed by atoms with Gasteiger partial charge in [-0.05, 0) is 51.0 Å². The summed E-state index contributed by atoms with van der Waals surface area (Å²) in [7, 11) is 0. The highest BCUT2D eigenvalue weighted by atomic mass is 16.5. The molecule has 3 atom stereocenters. The maximum Gasteiger partial charge on any atom is 0.310 e. The Labute approximate surface area is 250 Å². The highest BCUT2D eigenvalue weighted by Gasteiger charge is 2.41. The number of unbranched alkanes of at least 4 members (excludes halogenated alkanes) is 3. The van der Waals surface area contributed by atoms with Crippen LogP contribution in [-0.4, -0.2) is 80.0 Å². The molecule has 1 saturated heterocycles. The van der Waals surface area contributed by atoms with Crippen LogP contribution in [0.4, 0.5) is 0 Å². The van der Waals surface area contributed by atoms with Crippen LogP contribution in [0.2, 0.25) is 0 Å². The average Bonchev–Trinajstić information content (AvgIpc) is 3.45. The van der Waals surface area contributed by atoms with Crippen molar-refractivity contribution in [3.05, 3.63) is 0 Å². The zero-order chi connectivity index (χ0) is 31.0. The molecule has 11 heteroatoms. The summed E-state index contributed by atoms with van der Waals surface area (Å²) in [6, 6.07) is -0.982. The summed E-state index contributed by atoms with van der Waals surface area (Å²) >= 11 is 0. The van der Waals surface area contributed by atoms with Crippen LogP contribution < -0.4 is 21.3 Å². The normalized spacial score (nSPS) is 21.2. The predicted octanol–water partition coefficient (Wildman–Crippen LogP) is 2.14. The number of nitrogens with one attached hydrogen (secondary N) is 4. The Morgan fingerprint density at radius 1 is 1.05 bits per heavy atom. The van der Waals surface area contributed by atoms with Gasteiger partial charge < -0.3 is 35.6 Å². The average molecular weight is 593 g/mol. The highest BCUT2D eigenvalue weighted by molar-refractivity contribution is 6.35. The van der Waals surface area contributed by atoms with E-state index in [0.717, 1.165) is 57.7 Å². The third-order valence-corrected chi connectivity index (χ3v) is 8.31. The molecule has 0 aromatic rings. The first-order valence-corrected chi connectivity index (χ1v) is 15.8. The van der Waals surface area contributed by atoms with Crippen LogP contribution in [0.1, 0.15) is 104 Å². The summed E-state index contributed by atoms with van der Waals surface area (Å²) < 4.78 is 5.26. The quantitative estimate of drug-likeness (QED) is 0.0763. The van der Waals surface area contributed by atoms with Crippen molar-refractivity contribution in [2.24, 2.45) is 11.3 Å². The van der Waals surface area contributed by atoms with E-state index in [9.17, 15) is 28.8 Å². The highest BCUT2D eigenvalue weighted by Crippen LogP contribution is 2.29. The van der Waals surface area contributed by atoms with E-state index in [2.05, 4.69) is 28.2 Å². The molecule has 0 bridgehead atoms. The van der Waals surface area contributed by atoms with E-state index in [1.807, 2.05) is 13.8 Å². The number of esters is 1. The largest absolute Gasteiger partial charge is 0.458 e. The molecule has 0 unspecified atom stereocenters. The minimum atomic E-state index is -1.47. The number of amides is 2. The van der Waals surface area contributed by atoms with Gasteiger partial charge in [-0.2, -0.15) is 0 Å². The van der Waals surface area contributed by atoms with Crippen LogP contribution in [0.25, 0.3) is 0 Å². The van der Waals surface area contributed by atoms with Gasteiger partial charge in [-0.25, -0.2) is 0 Å². The third-order valence-electron chi connectivity index (χ3n) is 8.31. The first-order chi connectivity index (χ1) is 20.1. The lowest BCUT2D eigenvalue weighted by molar-refractivity contribution is -0.149. The third kappa shape index (κ3) is 11.9. The standard InChI is InChI=1S/C31H52N4O7/c1-4-5-6-10-13-27(39)42-18-26(38)25(17-30(21-36)14-15-32-19-30)33-20-31(22-37,16-23(2)3)35-29(41)28(40)34-24-11-8-7-9-12-24/h21-25,32-33H,4-20H2,1-3H3,(H,34,40)(H,35,41)/t25-,30+,31+/m0/s1.